The topological polar surface area (TPSA) is 198 Å². The molecule has 0 atom stereocenters. The summed E-state index contributed by atoms with van der Waals surface area (Å²) in [4.78, 5) is 73.9. The van der Waals surface area contributed by atoms with Crippen molar-refractivity contribution in [2.75, 3.05) is 25.0 Å². The minimum Gasteiger partial charge on any atom is -0.480 e. The largest absolute Gasteiger partial charge is 0.480 e. The van der Waals surface area contributed by atoms with E-state index in [0.29, 0.717) is 0 Å². The lowest BCUT2D eigenvalue weighted by molar-refractivity contribution is -0.144. The monoisotopic (exact) mass is 619 g/mol. The number of imidazole rings is 1. The van der Waals surface area contributed by atoms with Crippen LogP contribution in [0.1, 0.15) is 38.0 Å². The van der Waals surface area contributed by atoms with Gasteiger partial charge in [0.1, 0.15) is 18.7 Å². The summed E-state index contributed by atoms with van der Waals surface area (Å²) in [6, 6.07) is 18.2. The predicted octanol–water partition coefficient (Wildman–Crippen LogP) is 2.90. The number of rotatable bonds is 11. The van der Waals surface area contributed by atoms with E-state index in [-0.39, 0.29) is 30.2 Å². The first-order valence-corrected chi connectivity index (χ1v) is 13.9. The van der Waals surface area contributed by atoms with Crippen LogP contribution in [0.5, 0.6) is 0 Å². The van der Waals surface area contributed by atoms with Gasteiger partial charge in [-0.2, -0.15) is 4.98 Å². The molecule has 3 amide bonds. The molecular formula is C30H33N7O8. The molecule has 0 fully saturated rings. The molecule has 45 heavy (non-hydrogen) atoms. The minimum atomic E-state index is -1.26. The fourth-order valence-electron chi connectivity index (χ4n) is 4.25. The first-order chi connectivity index (χ1) is 21.4. The molecule has 0 aliphatic heterocycles. The smallest absolute Gasteiger partial charge is 0.414 e. The molecule has 0 aliphatic rings. The number of hydrogen-bond acceptors (Lipinski definition) is 9. The van der Waals surface area contributed by atoms with E-state index in [1.807, 2.05) is 60.7 Å². The summed E-state index contributed by atoms with van der Waals surface area (Å²) in [5.41, 5.74) is -0.117. The van der Waals surface area contributed by atoms with Gasteiger partial charge >= 0.3 is 18.2 Å². The Morgan fingerprint density at radius 2 is 1.62 bits per heavy atom. The number of anilines is 1. The molecule has 236 valence electrons. The maximum Gasteiger partial charge on any atom is 0.414 e. The summed E-state index contributed by atoms with van der Waals surface area (Å²) >= 11 is 0. The molecule has 0 saturated heterocycles. The van der Waals surface area contributed by atoms with Gasteiger partial charge in [0.05, 0.1) is 6.33 Å². The normalized spacial score (nSPS) is 11.2. The van der Waals surface area contributed by atoms with Gasteiger partial charge < -0.3 is 29.4 Å². The van der Waals surface area contributed by atoms with Crippen molar-refractivity contribution >= 4 is 41.2 Å². The van der Waals surface area contributed by atoms with Gasteiger partial charge in [-0.25, -0.2) is 14.6 Å². The number of benzene rings is 2. The third kappa shape index (κ3) is 9.13. The number of alkyl carbamates (subject to hydrolysis) is 1. The van der Waals surface area contributed by atoms with Crippen molar-refractivity contribution in [3.05, 3.63) is 88.5 Å². The van der Waals surface area contributed by atoms with Gasteiger partial charge in [-0.15, -0.1) is 0 Å². The molecule has 4 N–H and O–H groups in total. The highest BCUT2D eigenvalue weighted by Crippen LogP contribution is 2.26. The van der Waals surface area contributed by atoms with E-state index in [0.717, 1.165) is 16.0 Å². The minimum absolute atomic E-state index is 0.0350. The third-order valence-electron chi connectivity index (χ3n) is 6.16. The molecule has 0 saturated carbocycles. The Bertz CT molecular complexity index is 1680. The molecule has 2 heterocycles. The van der Waals surface area contributed by atoms with E-state index >= 15 is 0 Å². The molecule has 15 nitrogen and oxygen atoms in total. The average molecular weight is 620 g/mol. The summed E-state index contributed by atoms with van der Waals surface area (Å²) < 4.78 is 12.1. The van der Waals surface area contributed by atoms with Gasteiger partial charge in [0, 0.05) is 13.1 Å². The van der Waals surface area contributed by atoms with Crippen LogP contribution in [-0.2, 0) is 25.6 Å². The van der Waals surface area contributed by atoms with Crippen molar-refractivity contribution in [2.24, 2.45) is 0 Å². The number of hydrogen-bond donors (Lipinski definition) is 4. The van der Waals surface area contributed by atoms with Crippen LogP contribution in [0.25, 0.3) is 11.2 Å². The lowest BCUT2D eigenvalue weighted by Gasteiger charge is -2.23. The first-order valence-electron chi connectivity index (χ1n) is 13.9. The Morgan fingerprint density at radius 3 is 2.20 bits per heavy atom. The van der Waals surface area contributed by atoms with Crippen LogP contribution in [-0.4, -0.2) is 78.8 Å². The number of fused-ring (bicyclic) bond motifs is 1. The number of nitrogens with one attached hydrogen (secondary N) is 3. The molecule has 0 unspecified atom stereocenters. The molecule has 0 radical (unpaired) electrons. The number of nitrogens with zero attached hydrogens (tertiary/aromatic N) is 4. The van der Waals surface area contributed by atoms with Crippen LogP contribution in [0, 0.1) is 0 Å². The molecule has 0 bridgehead atoms. The molecule has 2 aromatic carbocycles. The molecule has 15 heteroatoms. The van der Waals surface area contributed by atoms with Crippen molar-refractivity contribution < 1.29 is 33.8 Å². The van der Waals surface area contributed by atoms with Gasteiger partial charge in [0.2, 0.25) is 11.9 Å². The highest BCUT2D eigenvalue weighted by molar-refractivity contribution is 5.85. The second kappa shape index (κ2) is 14.2. The lowest BCUT2D eigenvalue weighted by Crippen LogP contribution is -2.43. The number of carbonyl (C=O) groups excluding carboxylic acids is 3. The van der Waals surface area contributed by atoms with E-state index in [4.69, 9.17) is 9.47 Å². The van der Waals surface area contributed by atoms with Gasteiger partial charge in [0.15, 0.2) is 17.3 Å². The summed E-state index contributed by atoms with van der Waals surface area (Å²) in [7, 11) is 0. The third-order valence-corrected chi connectivity index (χ3v) is 6.16. The number of carbonyl (C=O) groups is 4. The Labute approximate surface area is 257 Å². The number of ether oxygens (including phenoxy) is 2. The zero-order valence-corrected chi connectivity index (χ0v) is 24.9. The molecule has 0 spiro atoms. The van der Waals surface area contributed by atoms with Gasteiger partial charge in [-0.1, -0.05) is 60.7 Å². The molecule has 4 aromatic rings. The highest BCUT2D eigenvalue weighted by atomic mass is 16.6. The standard InChI is InChI=1S/C30H33N7O8/c1-30(2,3)45-28(42)31-14-15-36(17-22(39)40)21(38)16-37-18-32-23-25(37)33-27(34-26(23)41)35-29(43)44-24(19-10-6-4-7-11-19)20-12-8-5-9-13-20/h4-13,18,24H,14-17H2,1-3H3,(H,31,42)(H,39,40)(H2,33,34,35,41,43). The van der Waals surface area contributed by atoms with Crippen LogP contribution in [0.2, 0.25) is 0 Å². The molecule has 4 rings (SSSR count). The highest BCUT2D eigenvalue weighted by Gasteiger charge is 2.23. The predicted molar refractivity (Wildman–Crippen MR) is 161 cm³/mol. The Balaban J connectivity index is 1.48. The van der Waals surface area contributed by atoms with Crippen molar-refractivity contribution in [1.82, 2.24) is 29.7 Å². The van der Waals surface area contributed by atoms with Crippen LogP contribution in [0.15, 0.2) is 71.8 Å². The summed E-state index contributed by atoms with van der Waals surface area (Å²) in [6.45, 7) is 3.80. The number of H-pyrrole nitrogens is 1. The molecular weight excluding hydrogens is 586 g/mol. The van der Waals surface area contributed by atoms with Crippen molar-refractivity contribution in [3.63, 3.8) is 0 Å². The second-order valence-electron chi connectivity index (χ2n) is 10.8. The quantitative estimate of drug-likeness (QED) is 0.194. The summed E-state index contributed by atoms with van der Waals surface area (Å²) in [6.07, 6.45) is -1.17. The Morgan fingerprint density at radius 1 is 1.00 bits per heavy atom. The van der Waals surface area contributed by atoms with E-state index in [1.165, 1.54) is 10.9 Å². The number of amides is 3. The van der Waals surface area contributed by atoms with Crippen LogP contribution >= 0.6 is 0 Å². The van der Waals surface area contributed by atoms with Crippen LogP contribution < -0.4 is 16.2 Å². The summed E-state index contributed by atoms with van der Waals surface area (Å²) in [5.74, 6) is -2.16. The number of aromatic nitrogens is 4. The molecule has 2 aromatic heterocycles. The number of carboxylic acid groups (broad SMARTS) is 1. The van der Waals surface area contributed by atoms with E-state index in [2.05, 4.69) is 25.6 Å². The SMILES string of the molecule is CC(C)(C)OC(=O)NCCN(CC(=O)O)C(=O)Cn1cnc2c(=O)[nH]c(NC(=O)OC(c3ccccc3)c3ccccc3)nc21. The fraction of sp³-hybridized carbons (Fsp3) is 0.300. The number of aromatic amines is 1. The van der Waals surface area contributed by atoms with E-state index < -0.39 is 54.4 Å². The van der Waals surface area contributed by atoms with E-state index in [1.54, 1.807) is 20.8 Å². The van der Waals surface area contributed by atoms with Gasteiger partial charge in [-0.05, 0) is 31.9 Å². The Kier molecular flexibility index (Phi) is 10.1. The zero-order chi connectivity index (χ0) is 32.6. The summed E-state index contributed by atoms with van der Waals surface area (Å²) in [5, 5.41) is 14.2. The van der Waals surface area contributed by atoms with Crippen molar-refractivity contribution in [1.29, 1.82) is 0 Å². The fourth-order valence-corrected chi connectivity index (χ4v) is 4.25. The second-order valence-corrected chi connectivity index (χ2v) is 10.8. The maximum absolute atomic E-state index is 13.1. The molecule has 0 aliphatic carbocycles. The number of carboxylic acids is 1. The van der Waals surface area contributed by atoms with Gasteiger partial charge in [-0.3, -0.25) is 24.7 Å². The van der Waals surface area contributed by atoms with Crippen LogP contribution in [0.3, 0.4) is 0 Å². The first kappa shape index (κ1) is 32.2. The van der Waals surface area contributed by atoms with E-state index in [9.17, 15) is 29.1 Å². The van der Waals surface area contributed by atoms with Crippen molar-refractivity contribution in [2.45, 2.75) is 39.0 Å². The van der Waals surface area contributed by atoms with Crippen LogP contribution in [0.4, 0.5) is 15.5 Å². The number of aliphatic carboxylic acids is 1. The average Bonchev–Trinajstić information content (AvgIpc) is 3.38. The Hall–Kier alpha value is -5.73. The zero-order valence-electron chi connectivity index (χ0n) is 24.9. The lowest BCUT2D eigenvalue weighted by atomic mass is 10.0. The van der Waals surface area contributed by atoms with Gasteiger partial charge in [0.25, 0.3) is 5.56 Å². The van der Waals surface area contributed by atoms with Crippen molar-refractivity contribution in [3.8, 4) is 0 Å². The maximum atomic E-state index is 13.1.